The van der Waals surface area contributed by atoms with Gasteiger partial charge >= 0.3 is 0 Å². The Hall–Kier alpha value is -2.82. The van der Waals surface area contributed by atoms with Crippen molar-refractivity contribution in [3.8, 4) is 5.69 Å². The molecule has 1 fully saturated rings. The zero-order valence-electron chi connectivity index (χ0n) is 22.1. The van der Waals surface area contributed by atoms with Crippen LogP contribution in [0, 0.1) is 18.8 Å². The lowest BCUT2D eigenvalue weighted by molar-refractivity contribution is 0.0963. The van der Waals surface area contributed by atoms with Crippen LogP contribution in [0.4, 0.5) is 0 Å². The summed E-state index contributed by atoms with van der Waals surface area (Å²) in [6.45, 7) is 4.34. The molecule has 1 heterocycles. The number of allylic oxidation sites excluding steroid dienone is 2. The van der Waals surface area contributed by atoms with Crippen molar-refractivity contribution in [3.05, 3.63) is 92.9 Å². The first-order valence-corrected chi connectivity index (χ1v) is 14.5. The molecule has 1 atom stereocenters. The number of aromatic nitrogens is 2. The van der Waals surface area contributed by atoms with E-state index < -0.39 is 0 Å². The van der Waals surface area contributed by atoms with Gasteiger partial charge in [-0.25, -0.2) is 4.68 Å². The lowest BCUT2D eigenvalue weighted by Crippen LogP contribution is -2.21. The molecule has 1 aromatic heterocycles. The quantitative estimate of drug-likeness (QED) is 0.335. The van der Waals surface area contributed by atoms with Crippen molar-refractivity contribution >= 4 is 40.8 Å². The van der Waals surface area contributed by atoms with Crippen LogP contribution >= 0.6 is 23.2 Å². The maximum absolute atomic E-state index is 13.4. The molecule has 0 radical (unpaired) electrons. The number of aryl methyl sites for hydroxylation is 1. The fraction of sp³-hybridized carbons (Fsp3) is 0.375. The molecular formula is C32H35Cl2N3O. The molecule has 0 aliphatic heterocycles. The van der Waals surface area contributed by atoms with Crippen molar-refractivity contribution in [1.82, 2.24) is 15.1 Å². The highest BCUT2D eigenvalue weighted by molar-refractivity contribution is 6.35. The van der Waals surface area contributed by atoms with Gasteiger partial charge in [0.2, 0.25) is 0 Å². The van der Waals surface area contributed by atoms with Crippen LogP contribution < -0.4 is 5.32 Å². The molecular weight excluding hydrogens is 513 g/mol. The van der Waals surface area contributed by atoms with Gasteiger partial charge in [0.25, 0.3) is 5.91 Å². The number of hydrogen-bond acceptors (Lipinski definition) is 2. The van der Waals surface area contributed by atoms with Crippen LogP contribution in [0.15, 0.2) is 54.7 Å². The van der Waals surface area contributed by atoms with Crippen molar-refractivity contribution in [2.45, 2.75) is 65.2 Å². The number of hydrogen-bond donors (Lipinski definition) is 1. The van der Waals surface area contributed by atoms with Crippen LogP contribution in [0.2, 0.25) is 10.0 Å². The third-order valence-corrected chi connectivity index (χ3v) is 8.48. The fourth-order valence-electron chi connectivity index (χ4n) is 5.77. The normalized spacial score (nSPS) is 18.1. The van der Waals surface area contributed by atoms with Gasteiger partial charge in [-0.2, -0.15) is 5.10 Å². The van der Waals surface area contributed by atoms with Gasteiger partial charge in [0, 0.05) is 16.8 Å². The molecule has 0 spiro atoms. The fourth-order valence-corrected chi connectivity index (χ4v) is 6.25. The lowest BCUT2D eigenvalue weighted by atomic mass is 9.81. The third kappa shape index (κ3) is 5.92. The Labute approximate surface area is 235 Å². The van der Waals surface area contributed by atoms with Gasteiger partial charge in [0.05, 0.1) is 16.4 Å². The number of carbonyl (C=O) groups excluding carboxylic acids is 1. The summed E-state index contributed by atoms with van der Waals surface area (Å²) in [6, 6.07) is 13.9. The predicted octanol–water partition coefficient (Wildman–Crippen LogP) is 8.82. The van der Waals surface area contributed by atoms with E-state index in [2.05, 4.69) is 55.6 Å². The molecule has 198 valence electrons. The Balaban J connectivity index is 1.50. The smallest absolute Gasteiger partial charge is 0.276 e. The Morgan fingerprint density at radius 3 is 2.55 bits per heavy atom. The molecule has 2 aliphatic carbocycles. The average Bonchev–Trinajstić information content (AvgIpc) is 3.31. The maximum atomic E-state index is 13.4. The minimum atomic E-state index is -0.186. The summed E-state index contributed by atoms with van der Waals surface area (Å²) in [5.74, 6) is 0.957. The Morgan fingerprint density at radius 2 is 1.82 bits per heavy atom. The van der Waals surface area contributed by atoms with E-state index in [9.17, 15) is 4.79 Å². The van der Waals surface area contributed by atoms with E-state index in [0.717, 1.165) is 41.7 Å². The summed E-state index contributed by atoms with van der Waals surface area (Å²) in [7, 11) is 0. The molecule has 0 bridgehead atoms. The second kappa shape index (κ2) is 11.9. The highest BCUT2D eigenvalue weighted by Gasteiger charge is 2.29. The Morgan fingerprint density at radius 1 is 1.05 bits per heavy atom. The third-order valence-electron chi connectivity index (χ3n) is 7.94. The maximum Gasteiger partial charge on any atom is 0.276 e. The summed E-state index contributed by atoms with van der Waals surface area (Å²) >= 11 is 12.8. The van der Waals surface area contributed by atoms with Crippen LogP contribution in [0.3, 0.4) is 0 Å². The molecule has 1 N–H and O–H groups in total. The Bertz CT molecular complexity index is 1360. The molecule has 1 saturated carbocycles. The van der Waals surface area contributed by atoms with Gasteiger partial charge in [0.15, 0.2) is 5.69 Å². The van der Waals surface area contributed by atoms with Crippen molar-refractivity contribution in [2.75, 3.05) is 0 Å². The van der Waals surface area contributed by atoms with Gasteiger partial charge in [-0.1, -0.05) is 85.3 Å². The largest absolute Gasteiger partial charge is 0.328 e. The van der Waals surface area contributed by atoms with Gasteiger partial charge in [-0.3, -0.25) is 4.79 Å². The molecule has 1 amide bonds. The standard InChI is InChI=1S/C32H35Cl2N3O/c1-21-11-13-23(14-12-21)19-25-9-6-10-27-30(32(38)35-18-17-22(2)24-7-4-3-5-8-24)36-37(31(25)27)29-16-15-26(33)20-28(29)34/h11-20,22,24H,3-10H2,1-2H3,(H,35,38)/b18-17+,25-19+/t22-/m0/s1. The SMILES string of the molecule is Cc1ccc(/C=C2\CCCc3c(C(=O)N/C=C/[C@H](C)C4CCCCC4)nn(-c4ccc(Cl)cc4Cl)c32)cc1. The predicted molar refractivity (Wildman–Crippen MR) is 158 cm³/mol. The first kappa shape index (κ1) is 26.8. The minimum Gasteiger partial charge on any atom is -0.328 e. The first-order chi connectivity index (χ1) is 18.4. The van der Waals surface area contributed by atoms with E-state index in [1.807, 2.05) is 16.9 Å². The zero-order chi connectivity index (χ0) is 26.6. The Kier molecular flexibility index (Phi) is 8.40. The lowest BCUT2D eigenvalue weighted by Gasteiger charge is -2.25. The van der Waals surface area contributed by atoms with Crippen LogP contribution in [0.25, 0.3) is 17.3 Å². The van der Waals surface area contributed by atoms with E-state index in [4.69, 9.17) is 28.3 Å². The molecule has 6 heteroatoms. The van der Waals surface area contributed by atoms with Gasteiger partial charge in [-0.15, -0.1) is 0 Å². The highest BCUT2D eigenvalue weighted by atomic mass is 35.5. The summed E-state index contributed by atoms with van der Waals surface area (Å²) in [5.41, 5.74) is 6.57. The number of benzene rings is 2. The van der Waals surface area contributed by atoms with Crippen molar-refractivity contribution < 1.29 is 4.79 Å². The van der Waals surface area contributed by atoms with E-state index in [0.29, 0.717) is 33.3 Å². The van der Waals surface area contributed by atoms with Gasteiger partial charge < -0.3 is 5.32 Å². The monoisotopic (exact) mass is 547 g/mol. The number of nitrogens with zero attached hydrogens (tertiary/aromatic N) is 2. The molecule has 5 rings (SSSR count). The number of halogens is 2. The van der Waals surface area contributed by atoms with E-state index in [1.54, 1.807) is 12.1 Å². The van der Waals surface area contributed by atoms with Crippen molar-refractivity contribution in [1.29, 1.82) is 0 Å². The zero-order valence-corrected chi connectivity index (χ0v) is 23.7. The number of nitrogens with one attached hydrogen (secondary N) is 1. The van der Waals surface area contributed by atoms with Gasteiger partial charge in [-0.05, 0) is 86.3 Å². The molecule has 2 aromatic carbocycles. The molecule has 4 nitrogen and oxygen atoms in total. The summed E-state index contributed by atoms with van der Waals surface area (Å²) in [4.78, 5) is 13.4. The van der Waals surface area contributed by atoms with Crippen molar-refractivity contribution in [3.63, 3.8) is 0 Å². The molecule has 2 aliphatic rings. The second-order valence-electron chi connectivity index (χ2n) is 10.7. The molecule has 0 unspecified atom stereocenters. The molecule has 3 aromatic rings. The number of fused-ring (bicyclic) bond motifs is 1. The number of rotatable bonds is 6. The van der Waals surface area contributed by atoms with E-state index in [-0.39, 0.29) is 5.91 Å². The van der Waals surface area contributed by atoms with Crippen LogP contribution in [0.5, 0.6) is 0 Å². The molecule has 38 heavy (non-hydrogen) atoms. The second-order valence-corrected chi connectivity index (χ2v) is 11.6. The first-order valence-electron chi connectivity index (χ1n) is 13.7. The number of amides is 1. The van der Waals surface area contributed by atoms with E-state index >= 15 is 0 Å². The highest BCUT2D eigenvalue weighted by Crippen LogP contribution is 2.38. The topological polar surface area (TPSA) is 46.9 Å². The van der Waals surface area contributed by atoms with Crippen LogP contribution in [0.1, 0.15) is 84.7 Å². The minimum absolute atomic E-state index is 0.186. The summed E-state index contributed by atoms with van der Waals surface area (Å²) in [5, 5.41) is 8.91. The number of carbonyl (C=O) groups is 1. The average molecular weight is 549 g/mol. The molecule has 0 saturated heterocycles. The summed E-state index contributed by atoms with van der Waals surface area (Å²) < 4.78 is 1.83. The van der Waals surface area contributed by atoms with Crippen LogP contribution in [-0.4, -0.2) is 15.7 Å². The summed E-state index contributed by atoms with van der Waals surface area (Å²) in [6.07, 6.45) is 15.3. The van der Waals surface area contributed by atoms with E-state index in [1.165, 1.54) is 37.7 Å². The van der Waals surface area contributed by atoms with Crippen molar-refractivity contribution in [2.24, 2.45) is 11.8 Å². The van der Waals surface area contributed by atoms with Crippen LogP contribution in [-0.2, 0) is 6.42 Å². The van der Waals surface area contributed by atoms with Gasteiger partial charge in [0.1, 0.15) is 0 Å².